The molecule has 2 rings (SSSR count). The first-order chi connectivity index (χ1) is 7.58. The molecule has 1 aliphatic heterocycles. The molecule has 1 heterocycles. The molecular formula is C11H11ClN2OS. The second kappa shape index (κ2) is 4.39. The number of thiocarbonyl (C=S) groups is 1. The van der Waals surface area contributed by atoms with Crippen LogP contribution in [0.5, 0.6) is 0 Å². The van der Waals surface area contributed by atoms with Crippen LogP contribution >= 0.6 is 23.8 Å². The maximum absolute atomic E-state index is 11.7. The van der Waals surface area contributed by atoms with Crippen molar-refractivity contribution in [2.45, 2.75) is 19.5 Å². The van der Waals surface area contributed by atoms with Gasteiger partial charge in [-0.25, -0.2) is 0 Å². The molecule has 0 bridgehead atoms. The summed E-state index contributed by atoms with van der Waals surface area (Å²) in [5, 5.41) is 4.11. The third-order valence-corrected chi connectivity index (χ3v) is 3.07. The van der Waals surface area contributed by atoms with Gasteiger partial charge in [-0.3, -0.25) is 9.69 Å². The molecule has 0 aliphatic carbocycles. The molecule has 0 aromatic heterocycles. The highest BCUT2D eigenvalue weighted by Crippen LogP contribution is 2.14. The van der Waals surface area contributed by atoms with E-state index in [-0.39, 0.29) is 11.9 Å². The Bertz CT molecular complexity index is 432. The Balaban J connectivity index is 2.13. The molecule has 5 heteroatoms. The van der Waals surface area contributed by atoms with E-state index in [1.165, 1.54) is 0 Å². The molecule has 0 spiro atoms. The number of carbonyl (C=O) groups is 1. The average molecular weight is 255 g/mol. The third-order valence-electron chi connectivity index (χ3n) is 2.48. The van der Waals surface area contributed by atoms with Crippen LogP contribution in [-0.4, -0.2) is 22.0 Å². The first-order valence-electron chi connectivity index (χ1n) is 4.94. The fourth-order valence-corrected chi connectivity index (χ4v) is 2.04. The number of halogens is 1. The minimum atomic E-state index is -0.222. The highest BCUT2D eigenvalue weighted by Gasteiger charge is 2.31. The third kappa shape index (κ3) is 2.18. The van der Waals surface area contributed by atoms with Crippen LogP contribution in [0.15, 0.2) is 24.3 Å². The van der Waals surface area contributed by atoms with Crippen LogP contribution < -0.4 is 5.32 Å². The SMILES string of the molecule is C[C@@H]1NC(=S)N(Cc2ccc(Cl)cc2)C1=O. The second-order valence-electron chi connectivity index (χ2n) is 3.72. The monoisotopic (exact) mass is 254 g/mol. The maximum Gasteiger partial charge on any atom is 0.251 e. The van der Waals surface area contributed by atoms with E-state index < -0.39 is 0 Å². The number of benzene rings is 1. The van der Waals surface area contributed by atoms with Crippen LogP contribution in [0, 0.1) is 0 Å². The van der Waals surface area contributed by atoms with Crippen molar-refractivity contribution >= 4 is 34.8 Å². The largest absolute Gasteiger partial charge is 0.351 e. The zero-order valence-corrected chi connectivity index (χ0v) is 10.3. The van der Waals surface area contributed by atoms with Gasteiger partial charge >= 0.3 is 0 Å². The minimum Gasteiger partial charge on any atom is -0.351 e. The molecule has 1 atom stereocenters. The number of nitrogens with one attached hydrogen (secondary N) is 1. The topological polar surface area (TPSA) is 32.3 Å². The standard InChI is InChI=1S/C11H11ClN2OS/c1-7-10(15)14(11(16)13-7)6-8-2-4-9(12)5-3-8/h2-5,7H,6H2,1H3,(H,13,16)/t7-/m0/s1. The summed E-state index contributed by atoms with van der Waals surface area (Å²) in [7, 11) is 0. The molecular weight excluding hydrogens is 244 g/mol. The highest BCUT2D eigenvalue weighted by atomic mass is 35.5. The predicted octanol–water partition coefficient (Wildman–Crippen LogP) is 1.95. The number of hydrogen-bond donors (Lipinski definition) is 1. The molecule has 3 nitrogen and oxygen atoms in total. The zero-order valence-electron chi connectivity index (χ0n) is 8.74. The van der Waals surface area contributed by atoms with Crippen LogP contribution in [0.4, 0.5) is 0 Å². The van der Waals surface area contributed by atoms with Gasteiger partial charge in [-0.05, 0) is 36.8 Å². The molecule has 1 amide bonds. The van der Waals surface area contributed by atoms with Gasteiger partial charge in [-0.1, -0.05) is 23.7 Å². The Morgan fingerprint density at radius 1 is 1.44 bits per heavy atom. The Kier molecular flexibility index (Phi) is 3.12. The van der Waals surface area contributed by atoms with Crippen molar-refractivity contribution in [3.05, 3.63) is 34.9 Å². The zero-order chi connectivity index (χ0) is 11.7. The van der Waals surface area contributed by atoms with E-state index in [1.807, 2.05) is 12.1 Å². The van der Waals surface area contributed by atoms with E-state index in [4.69, 9.17) is 23.8 Å². The van der Waals surface area contributed by atoms with Crippen LogP contribution in [0.2, 0.25) is 5.02 Å². The summed E-state index contributed by atoms with van der Waals surface area (Å²) in [6.45, 7) is 2.29. The molecule has 0 saturated carbocycles. The second-order valence-corrected chi connectivity index (χ2v) is 4.55. The van der Waals surface area contributed by atoms with Crippen molar-refractivity contribution < 1.29 is 4.79 Å². The number of amides is 1. The van der Waals surface area contributed by atoms with E-state index in [9.17, 15) is 4.79 Å². The summed E-state index contributed by atoms with van der Waals surface area (Å²) < 4.78 is 0. The maximum atomic E-state index is 11.7. The van der Waals surface area contributed by atoms with Gasteiger partial charge in [0.2, 0.25) is 0 Å². The fraction of sp³-hybridized carbons (Fsp3) is 0.273. The number of carbonyl (C=O) groups excluding carboxylic acids is 1. The van der Waals surface area contributed by atoms with Crippen LogP contribution in [0.1, 0.15) is 12.5 Å². The van der Waals surface area contributed by atoms with Crippen molar-refractivity contribution in [3.8, 4) is 0 Å². The Morgan fingerprint density at radius 3 is 2.56 bits per heavy atom. The Morgan fingerprint density at radius 2 is 2.06 bits per heavy atom. The lowest BCUT2D eigenvalue weighted by Crippen LogP contribution is -2.30. The van der Waals surface area contributed by atoms with Crippen LogP contribution in [0.25, 0.3) is 0 Å². The molecule has 1 aromatic rings. The van der Waals surface area contributed by atoms with E-state index >= 15 is 0 Å². The van der Waals surface area contributed by atoms with Crippen molar-refractivity contribution in [1.82, 2.24) is 10.2 Å². The van der Waals surface area contributed by atoms with Crippen molar-refractivity contribution in [2.24, 2.45) is 0 Å². The normalized spacial score (nSPS) is 20.1. The summed E-state index contributed by atoms with van der Waals surface area (Å²) in [4.78, 5) is 13.3. The highest BCUT2D eigenvalue weighted by molar-refractivity contribution is 7.80. The number of hydrogen-bond acceptors (Lipinski definition) is 2. The molecule has 84 valence electrons. The summed E-state index contributed by atoms with van der Waals surface area (Å²) in [6.07, 6.45) is 0. The summed E-state index contributed by atoms with van der Waals surface area (Å²) in [5.74, 6) is 0.0138. The Labute approximate surface area is 104 Å². The molecule has 1 aliphatic rings. The van der Waals surface area contributed by atoms with E-state index in [0.717, 1.165) is 5.56 Å². The molecule has 1 fully saturated rings. The van der Waals surface area contributed by atoms with Gasteiger partial charge in [-0.15, -0.1) is 0 Å². The summed E-state index contributed by atoms with van der Waals surface area (Å²) in [5.41, 5.74) is 1.01. The van der Waals surface area contributed by atoms with Crippen molar-refractivity contribution in [2.75, 3.05) is 0 Å². The van der Waals surface area contributed by atoms with Gasteiger partial charge in [-0.2, -0.15) is 0 Å². The lowest BCUT2D eigenvalue weighted by atomic mass is 10.2. The molecule has 16 heavy (non-hydrogen) atoms. The lowest BCUT2D eigenvalue weighted by Gasteiger charge is -2.14. The first-order valence-corrected chi connectivity index (χ1v) is 5.73. The quantitative estimate of drug-likeness (QED) is 0.819. The summed E-state index contributed by atoms with van der Waals surface area (Å²) in [6, 6.07) is 7.16. The minimum absolute atomic E-state index is 0.0138. The average Bonchev–Trinajstić information content (AvgIpc) is 2.48. The van der Waals surface area contributed by atoms with Crippen LogP contribution in [-0.2, 0) is 11.3 Å². The van der Waals surface area contributed by atoms with E-state index in [0.29, 0.717) is 16.7 Å². The van der Waals surface area contributed by atoms with E-state index in [2.05, 4.69) is 5.32 Å². The fourth-order valence-electron chi connectivity index (χ4n) is 1.58. The lowest BCUT2D eigenvalue weighted by molar-refractivity contribution is -0.127. The molecule has 0 unspecified atom stereocenters. The van der Waals surface area contributed by atoms with Crippen molar-refractivity contribution in [1.29, 1.82) is 0 Å². The molecule has 0 radical (unpaired) electrons. The molecule has 1 saturated heterocycles. The predicted molar refractivity (Wildman–Crippen MR) is 67.2 cm³/mol. The number of nitrogens with zero attached hydrogens (tertiary/aromatic N) is 1. The first kappa shape index (κ1) is 11.4. The van der Waals surface area contributed by atoms with Gasteiger partial charge in [0.05, 0.1) is 6.54 Å². The van der Waals surface area contributed by atoms with Gasteiger partial charge in [0.15, 0.2) is 5.11 Å². The Hall–Kier alpha value is -1.13. The molecule has 1 aromatic carbocycles. The molecule has 1 N–H and O–H groups in total. The number of rotatable bonds is 2. The van der Waals surface area contributed by atoms with Crippen molar-refractivity contribution in [3.63, 3.8) is 0 Å². The summed E-state index contributed by atoms with van der Waals surface area (Å²) >= 11 is 10.9. The van der Waals surface area contributed by atoms with Crippen LogP contribution in [0.3, 0.4) is 0 Å². The smallest absolute Gasteiger partial charge is 0.251 e. The van der Waals surface area contributed by atoms with Gasteiger partial charge in [0.1, 0.15) is 6.04 Å². The van der Waals surface area contributed by atoms with E-state index in [1.54, 1.807) is 24.0 Å². The van der Waals surface area contributed by atoms with Gasteiger partial charge in [0.25, 0.3) is 5.91 Å². The van der Waals surface area contributed by atoms with Gasteiger partial charge in [0, 0.05) is 5.02 Å². The van der Waals surface area contributed by atoms with Gasteiger partial charge < -0.3 is 5.32 Å².